The molecule has 0 radical (unpaired) electrons. The number of hydrogen-bond acceptors (Lipinski definition) is 6. The standard InChI is InChI=1S/C21H30N4O2S/c1-8-10-26-24-17(6)20-16(5)23-21(28-20)27-19-12-14(3)18(11-15(19)4)22-13-25(7)9-2/h8,11-13,17,24H,1,9-10H2,2-7H3/b22-13+. The topological polar surface area (TPSA) is 59.0 Å². The van der Waals surface area contributed by atoms with Crippen molar-refractivity contribution in [3.63, 3.8) is 0 Å². The molecule has 1 heterocycles. The number of nitrogens with zero attached hydrogens (tertiary/aromatic N) is 3. The molecule has 152 valence electrons. The molecule has 0 saturated carbocycles. The van der Waals surface area contributed by atoms with Gasteiger partial charge in [-0.15, -0.1) is 6.58 Å². The van der Waals surface area contributed by atoms with Crippen molar-refractivity contribution < 1.29 is 9.57 Å². The van der Waals surface area contributed by atoms with E-state index < -0.39 is 0 Å². The SMILES string of the molecule is C=CCONC(C)c1sc(Oc2cc(C)c(/N=C/N(C)CC)cc2C)nc1C. The Kier molecular flexibility index (Phi) is 8.17. The lowest BCUT2D eigenvalue weighted by atomic mass is 10.1. The van der Waals surface area contributed by atoms with Crippen LogP contribution < -0.4 is 10.2 Å². The van der Waals surface area contributed by atoms with E-state index >= 15 is 0 Å². The molecule has 2 aromatic rings. The van der Waals surface area contributed by atoms with E-state index in [0.717, 1.165) is 39.7 Å². The highest BCUT2D eigenvalue weighted by atomic mass is 32.1. The van der Waals surface area contributed by atoms with Crippen LogP contribution in [0, 0.1) is 20.8 Å². The van der Waals surface area contributed by atoms with Crippen molar-refractivity contribution in [1.82, 2.24) is 15.4 Å². The molecule has 28 heavy (non-hydrogen) atoms. The van der Waals surface area contributed by atoms with E-state index in [-0.39, 0.29) is 6.04 Å². The van der Waals surface area contributed by atoms with Crippen LogP contribution in [0.2, 0.25) is 0 Å². The molecule has 0 saturated heterocycles. The van der Waals surface area contributed by atoms with Crippen molar-refractivity contribution in [2.24, 2.45) is 4.99 Å². The molecule has 0 fully saturated rings. The van der Waals surface area contributed by atoms with Gasteiger partial charge in [0.1, 0.15) is 5.75 Å². The minimum Gasteiger partial charge on any atom is -0.431 e. The molecule has 0 aliphatic rings. The van der Waals surface area contributed by atoms with E-state index in [0.29, 0.717) is 11.8 Å². The van der Waals surface area contributed by atoms with Crippen molar-refractivity contribution in [3.05, 3.63) is 46.5 Å². The maximum atomic E-state index is 6.09. The first-order chi connectivity index (χ1) is 13.3. The van der Waals surface area contributed by atoms with Crippen LogP contribution in [0.25, 0.3) is 0 Å². The van der Waals surface area contributed by atoms with E-state index in [1.807, 2.05) is 58.1 Å². The van der Waals surface area contributed by atoms with Crippen LogP contribution in [0.15, 0.2) is 29.8 Å². The molecule has 6 nitrogen and oxygen atoms in total. The largest absolute Gasteiger partial charge is 0.431 e. The van der Waals surface area contributed by atoms with Gasteiger partial charge < -0.3 is 9.64 Å². The second-order valence-corrected chi connectivity index (χ2v) is 7.69. The van der Waals surface area contributed by atoms with Crippen LogP contribution in [0.5, 0.6) is 10.9 Å². The molecule has 7 heteroatoms. The van der Waals surface area contributed by atoms with Gasteiger partial charge in [0.15, 0.2) is 0 Å². The summed E-state index contributed by atoms with van der Waals surface area (Å²) in [5.41, 5.74) is 6.95. The highest BCUT2D eigenvalue weighted by Gasteiger charge is 2.16. The fraction of sp³-hybridized carbons (Fsp3) is 0.429. The second kappa shape index (κ2) is 10.4. The molecule has 0 aliphatic heterocycles. The smallest absolute Gasteiger partial charge is 0.279 e. The monoisotopic (exact) mass is 402 g/mol. The molecule has 0 amide bonds. The lowest BCUT2D eigenvalue weighted by Gasteiger charge is -2.12. The molecule has 0 bridgehead atoms. The van der Waals surface area contributed by atoms with Gasteiger partial charge in [-0.3, -0.25) is 4.84 Å². The molecule has 2 rings (SSSR count). The van der Waals surface area contributed by atoms with Gasteiger partial charge in [-0.05, 0) is 57.9 Å². The number of aryl methyl sites for hydroxylation is 3. The van der Waals surface area contributed by atoms with Crippen molar-refractivity contribution in [1.29, 1.82) is 0 Å². The second-order valence-electron chi connectivity index (χ2n) is 6.69. The third kappa shape index (κ3) is 5.89. The molecule has 1 atom stereocenters. The van der Waals surface area contributed by atoms with Crippen molar-refractivity contribution in [2.75, 3.05) is 20.2 Å². The van der Waals surface area contributed by atoms with Gasteiger partial charge in [-0.1, -0.05) is 17.4 Å². The number of ether oxygens (including phenoxy) is 1. The minimum absolute atomic E-state index is 0.0184. The van der Waals surface area contributed by atoms with Crippen LogP contribution >= 0.6 is 11.3 Å². The quantitative estimate of drug-likeness (QED) is 0.194. The van der Waals surface area contributed by atoms with Gasteiger partial charge in [0.05, 0.1) is 35.2 Å². The molecule has 1 aromatic carbocycles. The summed E-state index contributed by atoms with van der Waals surface area (Å²) in [6.07, 6.45) is 3.55. The molecule has 0 spiro atoms. The maximum absolute atomic E-state index is 6.09. The van der Waals surface area contributed by atoms with Gasteiger partial charge >= 0.3 is 0 Å². The van der Waals surface area contributed by atoms with E-state index in [9.17, 15) is 0 Å². The summed E-state index contributed by atoms with van der Waals surface area (Å²) in [7, 11) is 2.00. The van der Waals surface area contributed by atoms with Crippen molar-refractivity contribution >= 4 is 23.4 Å². The highest BCUT2D eigenvalue weighted by Crippen LogP contribution is 2.36. The Morgan fingerprint density at radius 2 is 2.07 bits per heavy atom. The minimum atomic E-state index is 0.0184. The number of benzene rings is 1. The van der Waals surface area contributed by atoms with Gasteiger partial charge in [0.2, 0.25) is 0 Å². The third-order valence-electron chi connectivity index (χ3n) is 4.25. The first-order valence-electron chi connectivity index (χ1n) is 9.34. The molecular weight excluding hydrogens is 372 g/mol. The van der Waals surface area contributed by atoms with Crippen LogP contribution in [0.3, 0.4) is 0 Å². The Bertz CT molecular complexity index is 832. The van der Waals surface area contributed by atoms with E-state index in [1.165, 1.54) is 11.3 Å². The van der Waals surface area contributed by atoms with E-state index in [2.05, 4.69) is 29.0 Å². The lowest BCUT2D eigenvalue weighted by molar-refractivity contribution is 0.0398. The highest BCUT2D eigenvalue weighted by molar-refractivity contribution is 7.13. The Labute approximate surface area is 171 Å². The predicted molar refractivity (Wildman–Crippen MR) is 117 cm³/mol. The Hall–Kier alpha value is -2.22. The number of aromatic nitrogens is 1. The van der Waals surface area contributed by atoms with Gasteiger partial charge in [-0.25, -0.2) is 9.98 Å². The molecule has 1 unspecified atom stereocenters. The fourth-order valence-corrected chi connectivity index (χ4v) is 3.39. The summed E-state index contributed by atoms with van der Waals surface area (Å²) < 4.78 is 6.09. The summed E-state index contributed by atoms with van der Waals surface area (Å²) in [4.78, 5) is 17.6. The number of rotatable bonds is 10. The van der Waals surface area contributed by atoms with Crippen LogP contribution in [-0.4, -0.2) is 36.4 Å². The average molecular weight is 403 g/mol. The average Bonchev–Trinajstić information content (AvgIpc) is 3.03. The zero-order valence-corrected chi connectivity index (χ0v) is 18.4. The van der Waals surface area contributed by atoms with Crippen LogP contribution in [0.4, 0.5) is 5.69 Å². The zero-order valence-electron chi connectivity index (χ0n) is 17.6. The Morgan fingerprint density at radius 1 is 1.32 bits per heavy atom. The van der Waals surface area contributed by atoms with Crippen LogP contribution in [-0.2, 0) is 4.84 Å². The fourth-order valence-electron chi connectivity index (χ4n) is 2.47. The Morgan fingerprint density at radius 3 is 2.75 bits per heavy atom. The first kappa shape index (κ1) is 22.1. The normalized spacial score (nSPS) is 12.4. The number of hydroxylamine groups is 1. The maximum Gasteiger partial charge on any atom is 0.279 e. The van der Waals surface area contributed by atoms with E-state index in [1.54, 1.807) is 6.08 Å². The summed E-state index contributed by atoms with van der Waals surface area (Å²) in [6.45, 7) is 15.2. The summed E-state index contributed by atoms with van der Waals surface area (Å²) >= 11 is 1.52. The van der Waals surface area contributed by atoms with Crippen molar-refractivity contribution in [3.8, 4) is 10.9 Å². The Balaban J connectivity index is 2.15. The summed E-state index contributed by atoms with van der Waals surface area (Å²) in [5, 5.41) is 0.620. The van der Waals surface area contributed by atoms with Gasteiger partial charge in [0.25, 0.3) is 5.19 Å². The number of thiazole rings is 1. The molecule has 1 aromatic heterocycles. The number of hydrogen-bond donors (Lipinski definition) is 1. The third-order valence-corrected chi connectivity index (χ3v) is 5.47. The van der Waals surface area contributed by atoms with Gasteiger partial charge in [0, 0.05) is 13.6 Å². The zero-order chi connectivity index (χ0) is 20.7. The van der Waals surface area contributed by atoms with Crippen LogP contribution in [0.1, 0.15) is 41.6 Å². The molecular formula is C21H30N4O2S. The summed E-state index contributed by atoms with van der Waals surface area (Å²) in [6, 6.07) is 4.07. The summed E-state index contributed by atoms with van der Waals surface area (Å²) in [5.74, 6) is 0.795. The first-order valence-corrected chi connectivity index (χ1v) is 10.2. The number of aliphatic imine (C=N–C) groups is 1. The molecule has 1 N–H and O–H groups in total. The lowest BCUT2D eigenvalue weighted by Crippen LogP contribution is -2.18. The van der Waals surface area contributed by atoms with E-state index in [4.69, 9.17) is 9.57 Å². The number of nitrogens with one attached hydrogen (secondary N) is 1. The van der Waals surface area contributed by atoms with Gasteiger partial charge in [-0.2, -0.15) is 5.48 Å². The predicted octanol–water partition coefficient (Wildman–Crippen LogP) is 5.24. The molecule has 0 aliphatic carbocycles. The van der Waals surface area contributed by atoms with Crippen molar-refractivity contribution in [2.45, 2.75) is 40.7 Å².